The van der Waals surface area contributed by atoms with E-state index in [9.17, 15) is 18.3 Å². The second-order valence-corrected chi connectivity index (χ2v) is 7.52. The van der Waals surface area contributed by atoms with Crippen LogP contribution in [0.3, 0.4) is 0 Å². The molecule has 7 heteroatoms. The molecule has 2 N–H and O–H groups in total. The van der Waals surface area contributed by atoms with Crippen molar-refractivity contribution in [3.05, 3.63) is 30.3 Å². The molecule has 1 saturated carbocycles. The van der Waals surface area contributed by atoms with Gasteiger partial charge in [0.2, 0.25) is 0 Å². The summed E-state index contributed by atoms with van der Waals surface area (Å²) >= 11 is 0. The van der Waals surface area contributed by atoms with Gasteiger partial charge in [-0.2, -0.15) is 0 Å². The first-order valence-electron chi connectivity index (χ1n) is 7.81. The number of rotatable bonds is 7. The fourth-order valence-corrected chi connectivity index (χ4v) is 3.67. The van der Waals surface area contributed by atoms with Gasteiger partial charge in [-0.3, -0.25) is 9.71 Å². The van der Waals surface area contributed by atoms with Gasteiger partial charge in [0.25, 0.3) is 10.0 Å². The van der Waals surface area contributed by atoms with Crippen LogP contribution in [0.2, 0.25) is 0 Å². The summed E-state index contributed by atoms with van der Waals surface area (Å²) in [7, 11) is -3.71. The second-order valence-electron chi connectivity index (χ2n) is 5.81. The molecule has 0 radical (unpaired) electrons. The highest BCUT2D eigenvalue weighted by molar-refractivity contribution is 7.90. The van der Waals surface area contributed by atoms with E-state index in [1.165, 1.54) is 18.6 Å². The highest BCUT2D eigenvalue weighted by Crippen LogP contribution is 2.28. The van der Waals surface area contributed by atoms with Gasteiger partial charge < -0.3 is 5.11 Å². The van der Waals surface area contributed by atoms with Gasteiger partial charge >= 0.3 is 5.97 Å². The first-order valence-corrected chi connectivity index (χ1v) is 9.29. The lowest BCUT2D eigenvalue weighted by Crippen LogP contribution is -2.27. The fourth-order valence-electron chi connectivity index (χ4n) is 2.82. The number of hydrogen-bond donors (Lipinski definition) is 2. The Morgan fingerprint density at radius 2 is 1.91 bits per heavy atom. The molecule has 0 aliphatic heterocycles. The van der Waals surface area contributed by atoms with Gasteiger partial charge in [0, 0.05) is 0 Å². The van der Waals surface area contributed by atoms with Gasteiger partial charge in [-0.25, -0.2) is 13.2 Å². The zero-order valence-electron chi connectivity index (χ0n) is 12.9. The van der Waals surface area contributed by atoms with Gasteiger partial charge in [-0.15, -0.1) is 0 Å². The third-order valence-electron chi connectivity index (χ3n) is 4.08. The van der Waals surface area contributed by atoms with Crippen LogP contribution < -0.4 is 4.72 Å². The van der Waals surface area contributed by atoms with Crippen LogP contribution in [0.25, 0.3) is 0 Å². The number of aliphatic imine (C=N–C) groups is 1. The van der Waals surface area contributed by atoms with E-state index in [2.05, 4.69) is 9.71 Å². The molecular weight excluding hydrogens is 316 g/mol. The lowest BCUT2D eigenvalue weighted by Gasteiger charge is -2.22. The van der Waals surface area contributed by atoms with Crippen molar-refractivity contribution in [3.8, 4) is 0 Å². The molecule has 0 spiro atoms. The first kappa shape index (κ1) is 17.5. The quantitative estimate of drug-likeness (QED) is 0.589. The maximum Gasteiger partial charge on any atom is 0.328 e. The molecule has 1 aliphatic rings. The molecule has 1 aromatic rings. The van der Waals surface area contributed by atoms with Crippen molar-refractivity contribution in [2.45, 2.75) is 49.5 Å². The monoisotopic (exact) mass is 338 g/mol. The van der Waals surface area contributed by atoms with Crippen LogP contribution in [0.4, 0.5) is 0 Å². The second kappa shape index (κ2) is 8.10. The first-order chi connectivity index (χ1) is 11.0. The number of nitrogens with zero attached hydrogens (tertiary/aromatic N) is 1. The molecule has 1 aromatic carbocycles. The van der Waals surface area contributed by atoms with Crippen molar-refractivity contribution >= 4 is 22.3 Å². The number of carboxylic acid groups (broad SMARTS) is 1. The van der Waals surface area contributed by atoms with Crippen LogP contribution in [-0.4, -0.2) is 31.9 Å². The van der Waals surface area contributed by atoms with Crippen LogP contribution >= 0.6 is 0 Å². The van der Waals surface area contributed by atoms with Crippen LogP contribution in [0.5, 0.6) is 0 Å². The number of hydrogen-bond acceptors (Lipinski definition) is 4. The van der Waals surface area contributed by atoms with E-state index >= 15 is 0 Å². The van der Waals surface area contributed by atoms with Crippen LogP contribution in [0.15, 0.2) is 40.2 Å². The fraction of sp³-hybridized carbons (Fsp3) is 0.500. The lowest BCUT2D eigenvalue weighted by atomic mass is 9.85. The largest absolute Gasteiger partial charge is 0.480 e. The van der Waals surface area contributed by atoms with E-state index in [0.717, 1.165) is 32.0 Å². The Labute approximate surface area is 136 Å². The van der Waals surface area contributed by atoms with Gasteiger partial charge in [0.1, 0.15) is 6.04 Å². The summed E-state index contributed by atoms with van der Waals surface area (Å²) in [4.78, 5) is 15.3. The Kier molecular flexibility index (Phi) is 6.15. The van der Waals surface area contributed by atoms with Crippen molar-refractivity contribution in [1.29, 1.82) is 0 Å². The summed E-state index contributed by atoms with van der Waals surface area (Å²) in [6, 6.07) is 6.98. The predicted molar refractivity (Wildman–Crippen MR) is 87.9 cm³/mol. The molecule has 0 bridgehead atoms. The molecule has 1 aliphatic carbocycles. The van der Waals surface area contributed by atoms with E-state index in [0.29, 0.717) is 12.3 Å². The van der Waals surface area contributed by atoms with E-state index < -0.39 is 22.0 Å². The number of aliphatic carboxylic acids is 1. The third-order valence-corrected chi connectivity index (χ3v) is 5.39. The number of carbonyl (C=O) groups is 1. The zero-order chi connectivity index (χ0) is 16.7. The summed E-state index contributed by atoms with van der Waals surface area (Å²) in [6.07, 6.45) is 6.95. The molecule has 0 saturated heterocycles. The Bertz CT molecular complexity index is 637. The minimum Gasteiger partial charge on any atom is -0.480 e. The Morgan fingerprint density at radius 3 is 2.52 bits per heavy atom. The highest BCUT2D eigenvalue weighted by atomic mass is 32.2. The summed E-state index contributed by atoms with van der Waals surface area (Å²) < 4.78 is 26.3. The van der Waals surface area contributed by atoms with Gasteiger partial charge in [-0.1, -0.05) is 50.3 Å². The highest BCUT2D eigenvalue weighted by Gasteiger charge is 2.23. The normalized spacial score (nSPS) is 17.9. The van der Waals surface area contributed by atoms with Crippen LogP contribution in [-0.2, 0) is 14.8 Å². The van der Waals surface area contributed by atoms with Crippen molar-refractivity contribution < 1.29 is 18.3 Å². The number of sulfonamides is 1. The average molecular weight is 338 g/mol. The molecule has 1 atom stereocenters. The van der Waals surface area contributed by atoms with E-state index in [4.69, 9.17) is 0 Å². The number of carboxylic acids is 1. The van der Waals surface area contributed by atoms with Gasteiger partial charge in [-0.05, 0) is 24.5 Å². The van der Waals surface area contributed by atoms with Crippen molar-refractivity contribution in [2.75, 3.05) is 0 Å². The Balaban J connectivity index is 1.96. The zero-order valence-corrected chi connectivity index (χ0v) is 13.7. The molecule has 2 rings (SSSR count). The van der Waals surface area contributed by atoms with Crippen molar-refractivity contribution in [2.24, 2.45) is 10.9 Å². The van der Waals surface area contributed by atoms with Crippen molar-refractivity contribution in [1.82, 2.24) is 4.72 Å². The molecule has 23 heavy (non-hydrogen) atoms. The molecule has 126 valence electrons. The van der Waals surface area contributed by atoms with E-state index in [-0.39, 0.29) is 4.90 Å². The molecule has 0 heterocycles. The summed E-state index contributed by atoms with van der Waals surface area (Å²) in [5, 5.41) is 9.26. The molecule has 0 aromatic heterocycles. The minimum atomic E-state index is -3.71. The van der Waals surface area contributed by atoms with E-state index in [1.807, 2.05) is 0 Å². The smallest absolute Gasteiger partial charge is 0.328 e. The number of benzene rings is 1. The maximum absolute atomic E-state index is 12.0. The maximum atomic E-state index is 12.0. The van der Waals surface area contributed by atoms with Gasteiger partial charge in [0.15, 0.2) is 0 Å². The standard InChI is InChI=1S/C16H22N2O4S/c19-16(20)15(11-13-7-3-1-4-8-13)17-12-18-23(21,22)14-9-5-2-6-10-14/h2,5-6,9-10,12-13,15H,1,3-4,7-8,11H2,(H,17,18)(H,19,20). The number of nitrogens with one attached hydrogen (secondary N) is 1. The molecule has 6 nitrogen and oxygen atoms in total. The average Bonchev–Trinajstić information content (AvgIpc) is 2.55. The SMILES string of the molecule is O=C(O)C(CC1CCCCC1)N=CNS(=O)(=O)c1ccccc1. The molecule has 1 unspecified atom stereocenters. The predicted octanol–water partition coefficient (Wildman–Crippen LogP) is 2.42. The summed E-state index contributed by atoms with van der Waals surface area (Å²) in [6.45, 7) is 0. The topological polar surface area (TPSA) is 95.8 Å². The summed E-state index contributed by atoms with van der Waals surface area (Å²) in [5.74, 6) is -0.668. The van der Waals surface area contributed by atoms with E-state index in [1.54, 1.807) is 18.2 Å². The summed E-state index contributed by atoms with van der Waals surface area (Å²) in [5.41, 5.74) is 0. The Hall–Kier alpha value is -1.89. The lowest BCUT2D eigenvalue weighted by molar-refractivity contribution is -0.138. The van der Waals surface area contributed by atoms with Crippen LogP contribution in [0.1, 0.15) is 38.5 Å². The molecule has 1 fully saturated rings. The van der Waals surface area contributed by atoms with Gasteiger partial charge in [0.05, 0.1) is 11.2 Å². The van der Waals surface area contributed by atoms with Crippen molar-refractivity contribution in [3.63, 3.8) is 0 Å². The minimum absolute atomic E-state index is 0.116. The molecular formula is C16H22N2O4S. The molecule has 0 amide bonds. The third kappa shape index (κ3) is 5.35. The Morgan fingerprint density at radius 1 is 1.26 bits per heavy atom. The van der Waals surface area contributed by atoms with Crippen LogP contribution in [0, 0.1) is 5.92 Å².